The van der Waals surface area contributed by atoms with Crippen molar-refractivity contribution in [3.8, 4) is 0 Å². The van der Waals surface area contributed by atoms with Crippen molar-refractivity contribution in [3.63, 3.8) is 0 Å². The van der Waals surface area contributed by atoms with Gasteiger partial charge >= 0.3 is 17.2 Å². The van der Waals surface area contributed by atoms with E-state index in [0.29, 0.717) is 16.7 Å². The van der Waals surface area contributed by atoms with Gasteiger partial charge < -0.3 is 70.2 Å². The van der Waals surface area contributed by atoms with E-state index in [4.69, 9.17) is 29.4 Å². The fourth-order valence-electron chi connectivity index (χ4n) is 8.26. The highest BCUT2D eigenvalue weighted by molar-refractivity contribution is 7.38. The summed E-state index contributed by atoms with van der Waals surface area (Å²) in [4.78, 5) is 43.4. The first kappa shape index (κ1) is 67.0. The van der Waals surface area contributed by atoms with Gasteiger partial charge in [0.25, 0.3) is 0 Å². The van der Waals surface area contributed by atoms with Crippen molar-refractivity contribution in [3.05, 3.63) is 104 Å². The maximum absolute atomic E-state index is 13.1. The van der Waals surface area contributed by atoms with Crippen LogP contribution in [0.2, 0.25) is 0 Å². The SMILES string of the molecule is CC(C)(C)c1ccc(C(O)(c2ccc(C(C)(C)C)cc2C(C)(C)C)C(CO)(CO)CO)c(C(C)(C)C)c1.Cc1cc(C(O)C(CO)(CO)CO)c(C(C)(C)C)cc1C(C)(C)C.OP(O)O.OP(O)O. The Balaban J connectivity index is 0.00000123. The van der Waals surface area contributed by atoms with Crippen molar-refractivity contribution in [2.75, 3.05) is 39.6 Å². The Morgan fingerprint density at radius 1 is 0.391 bits per heavy atom. The highest BCUT2D eigenvalue weighted by atomic mass is 31.2. The summed E-state index contributed by atoms with van der Waals surface area (Å²) in [5.74, 6) is 0. The Hall–Kier alpha value is -2.04. The molecule has 0 aromatic heterocycles. The van der Waals surface area contributed by atoms with Crippen LogP contribution in [0.5, 0.6) is 0 Å². The molecule has 0 fully saturated rings. The molecule has 0 heterocycles. The van der Waals surface area contributed by atoms with Crippen molar-refractivity contribution < 1.29 is 70.2 Å². The van der Waals surface area contributed by atoms with E-state index in [0.717, 1.165) is 33.4 Å². The molecule has 16 heteroatoms. The smallest absolute Gasteiger partial charge is 0.324 e. The lowest BCUT2D eigenvalue weighted by Gasteiger charge is -2.49. The minimum absolute atomic E-state index is 0.0322. The van der Waals surface area contributed by atoms with Crippen LogP contribution in [0.15, 0.2) is 48.5 Å². The fourth-order valence-corrected chi connectivity index (χ4v) is 8.26. The van der Waals surface area contributed by atoms with E-state index in [2.05, 4.69) is 143 Å². The molecular formula is C53H92O14P2. The molecule has 3 aromatic rings. The van der Waals surface area contributed by atoms with Gasteiger partial charge in [-0.1, -0.05) is 173 Å². The number of benzene rings is 3. The number of aryl methyl sites for hydroxylation is 1. The fraction of sp³-hybridized carbons (Fsp3) is 0.660. The molecular weight excluding hydrogens is 923 g/mol. The van der Waals surface area contributed by atoms with Crippen LogP contribution >= 0.6 is 17.2 Å². The molecule has 14 N–H and O–H groups in total. The van der Waals surface area contributed by atoms with Gasteiger partial charge in [-0.05, 0) is 95.0 Å². The minimum atomic E-state index is -2.62. The first-order valence-electron chi connectivity index (χ1n) is 23.2. The number of aliphatic hydroxyl groups is 8. The molecule has 0 amide bonds. The van der Waals surface area contributed by atoms with Crippen LogP contribution in [0.3, 0.4) is 0 Å². The van der Waals surface area contributed by atoms with Gasteiger partial charge in [0.1, 0.15) is 5.60 Å². The van der Waals surface area contributed by atoms with Gasteiger partial charge in [0.05, 0.1) is 56.6 Å². The molecule has 0 aliphatic heterocycles. The molecule has 3 rings (SSSR count). The van der Waals surface area contributed by atoms with Crippen molar-refractivity contribution in [1.29, 1.82) is 0 Å². The van der Waals surface area contributed by atoms with Crippen LogP contribution in [0, 0.1) is 17.8 Å². The van der Waals surface area contributed by atoms with Crippen LogP contribution in [-0.4, -0.2) is 110 Å². The van der Waals surface area contributed by atoms with Crippen molar-refractivity contribution in [2.45, 2.75) is 176 Å². The topological polar surface area (TPSA) is 283 Å². The molecule has 0 saturated carbocycles. The summed E-state index contributed by atoms with van der Waals surface area (Å²) in [6.45, 7) is 36.9. The van der Waals surface area contributed by atoms with Crippen LogP contribution in [0.25, 0.3) is 0 Å². The molecule has 0 saturated heterocycles. The Bertz CT molecular complexity index is 1930. The second-order valence-electron chi connectivity index (χ2n) is 24.5. The average molecular weight is 1020 g/mol. The summed E-state index contributed by atoms with van der Waals surface area (Å²) in [6, 6.07) is 16.2. The van der Waals surface area contributed by atoms with E-state index < -0.39 is 79.4 Å². The second kappa shape index (κ2) is 25.3. The molecule has 3 aromatic carbocycles. The van der Waals surface area contributed by atoms with E-state index in [-0.39, 0.29) is 32.5 Å². The van der Waals surface area contributed by atoms with Crippen molar-refractivity contribution >= 4 is 17.2 Å². The summed E-state index contributed by atoms with van der Waals surface area (Å²) in [6.07, 6.45) is -1.15. The largest absolute Gasteiger partial charge is 0.395 e. The van der Waals surface area contributed by atoms with Crippen LogP contribution in [-0.2, 0) is 38.1 Å². The van der Waals surface area contributed by atoms with Gasteiger partial charge in [-0.25, -0.2) is 0 Å². The lowest BCUT2D eigenvalue weighted by molar-refractivity contribution is -0.137. The highest BCUT2D eigenvalue weighted by Gasteiger charge is 2.55. The first-order valence-corrected chi connectivity index (χ1v) is 25.6. The van der Waals surface area contributed by atoms with Gasteiger partial charge in [-0.2, -0.15) is 0 Å². The number of hydrogen-bond donors (Lipinski definition) is 14. The summed E-state index contributed by atoms with van der Waals surface area (Å²) in [5, 5.41) is 85.1. The van der Waals surface area contributed by atoms with Crippen LogP contribution in [0.1, 0.15) is 186 Å². The summed E-state index contributed by atoms with van der Waals surface area (Å²) in [5.41, 5.74) is 3.11. The Morgan fingerprint density at radius 3 is 0.913 bits per heavy atom. The third-order valence-corrected chi connectivity index (χ3v) is 12.7. The standard InChI is InChI=1S/C33H52O4.C20H34O4.2H3O3P/c1-28(2,3)22-13-15-24(26(17-22)30(7,8)9)33(37,32(19-34,20-35)21-36)25-16-14-23(29(4,5)6)18-27(25)31(10,11)12;1-13-8-14(17(24)20(10-21,11-22)12-23)16(19(5,6)7)9-15(13)18(2,3)4;2*1-4(2)3/h13-18,34-37H,19-21H2,1-12H3;8-9,17,21-24H,10-12H2,1-7H3;2*1-3H. The molecule has 0 aliphatic rings. The number of hydrogen-bond acceptors (Lipinski definition) is 14. The van der Waals surface area contributed by atoms with Gasteiger partial charge in [0.2, 0.25) is 0 Å². The molecule has 0 spiro atoms. The van der Waals surface area contributed by atoms with Gasteiger partial charge in [-0.3, -0.25) is 0 Å². The van der Waals surface area contributed by atoms with E-state index in [1.165, 1.54) is 5.56 Å². The number of aliphatic hydroxyl groups excluding tert-OH is 7. The molecule has 1 atom stereocenters. The zero-order valence-corrected chi connectivity index (χ0v) is 46.9. The summed E-state index contributed by atoms with van der Waals surface area (Å²) in [7, 11) is -5.24. The molecule has 14 nitrogen and oxygen atoms in total. The third-order valence-electron chi connectivity index (χ3n) is 12.7. The van der Waals surface area contributed by atoms with Gasteiger partial charge in [0, 0.05) is 0 Å². The summed E-state index contributed by atoms with van der Waals surface area (Å²) < 4.78 is 0. The molecule has 0 bridgehead atoms. The Kier molecular flexibility index (Phi) is 24.5. The first-order chi connectivity index (χ1) is 30.9. The number of rotatable bonds is 11. The zero-order valence-electron chi connectivity index (χ0n) is 45.1. The lowest BCUT2D eigenvalue weighted by Crippen LogP contribution is -2.55. The highest BCUT2D eigenvalue weighted by Crippen LogP contribution is 2.52. The maximum atomic E-state index is 13.1. The predicted molar refractivity (Wildman–Crippen MR) is 279 cm³/mol. The summed E-state index contributed by atoms with van der Waals surface area (Å²) >= 11 is 0. The van der Waals surface area contributed by atoms with E-state index in [1.807, 2.05) is 37.3 Å². The molecule has 69 heavy (non-hydrogen) atoms. The molecule has 398 valence electrons. The zero-order chi connectivity index (χ0) is 54.9. The molecule has 0 radical (unpaired) electrons. The van der Waals surface area contributed by atoms with Crippen LogP contribution in [0.4, 0.5) is 0 Å². The van der Waals surface area contributed by atoms with Gasteiger partial charge in [-0.15, -0.1) is 0 Å². The Labute approximate surface area is 416 Å². The van der Waals surface area contributed by atoms with E-state index in [1.54, 1.807) is 0 Å². The van der Waals surface area contributed by atoms with E-state index >= 15 is 0 Å². The monoisotopic (exact) mass is 1010 g/mol. The molecule has 1 unspecified atom stereocenters. The Morgan fingerprint density at radius 2 is 0.681 bits per heavy atom. The van der Waals surface area contributed by atoms with Gasteiger partial charge in [0.15, 0.2) is 0 Å². The second-order valence-corrected chi connectivity index (χ2v) is 25.6. The normalized spacial score (nSPS) is 13.8. The predicted octanol–water partition coefficient (Wildman–Crippen LogP) is 7.04. The van der Waals surface area contributed by atoms with Crippen molar-refractivity contribution in [2.24, 2.45) is 10.8 Å². The average Bonchev–Trinajstić information content (AvgIpc) is 3.19. The quantitative estimate of drug-likeness (QED) is 0.0858. The van der Waals surface area contributed by atoms with Crippen molar-refractivity contribution in [1.82, 2.24) is 0 Å². The third kappa shape index (κ3) is 17.3. The van der Waals surface area contributed by atoms with Crippen LogP contribution < -0.4 is 0 Å². The molecule has 0 aliphatic carbocycles. The maximum Gasteiger partial charge on any atom is 0.324 e. The minimum Gasteiger partial charge on any atom is -0.395 e. The van der Waals surface area contributed by atoms with E-state index in [9.17, 15) is 40.9 Å². The lowest BCUT2D eigenvalue weighted by atomic mass is 9.60.